The van der Waals surface area contributed by atoms with Crippen LogP contribution in [0.3, 0.4) is 0 Å². The molecule has 1 saturated heterocycles. The molecule has 2 atom stereocenters. The molecule has 1 unspecified atom stereocenters. The van der Waals surface area contributed by atoms with Crippen molar-refractivity contribution in [1.29, 1.82) is 0 Å². The number of carboxylic acids is 1. The number of likely N-dealkylation sites (tertiary alicyclic amines) is 1. The molecule has 3 aliphatic rings. The number of carboxylic acid groups (broad SMARTS) is 1. The quantitative estimate of drug-likeness (QED) is 0.601. The molecule has 1 fully saturated rings. The van der Waals surface area contributed by atoms with Gasteiger partial charge >= 0.3 is 5.97 Å². The first kappa shape index (κ1) is 22.6. The second-order valence-corrected chi connectivity index (χ2v) is 9.70. The predicted octanol–water partition coefficient (Wildman–Crippen LogP) is 2.47. The van der Waals surface area contributed by atoms with E-state index in [-0.39, 0.29) is 12.2 Å². The maximum atomic E-state index is 12.6. The Kier molecular flexibility index (Phi) is 5.93. The van der Waals surface area contributed by atoms with Crippen LogP contribution < -0.4 is 4.74 Å². The smallest absolute Gasteiger partial charge is 0.335 e. The number of ether oxygens (including phenoxy) is 2. The van der Waals surface area contributed by atoms with Gasteiger partial charge in [0.25, 0.3) is 0 Å². The highest BCUT2D eigenvalue weighted by Crippen LogP contribution is 2.46. The molecule has 1 spiro atoms. The number of thioether (sulfide) groups is 1. The number of nitrogens with zero attached hydrogens (tertiary/aromatic N) is 1. The number of allylic oxidation sites excluding steroid dienone is 1. The molecule has 2 aromatic rings. The number of aromatic carboxylic acids is 1. The van der Waals surface area contributed by atoms with Crippen molar-refractivity contribution in [3.8, 4) is 5.75 Å². The van der Waals surface area contributed by atoms with E-state index in [9.17, 15) is 19.5 Å². The highest BCUT2D eigenvalue weighted by atomic mass is 32.2. The molecule has 34 heavy (non-hydrogen) atoms. The van der Waals surface area contributed by atoms with Crippen LogP contribution in [-0.2, 0) is 9.53 Å². The second kappa shape index (κ2) is 8.90. The molecule has 2 N–H and O–H groups in total. The topological polar surface area (TPSA) is 113 Å². The van der Waals surface area contributed by atoms with Gasteiger partial charge in [0.05, 0.1) is 5.56 Å². The van der Waals surface area contributed by atoms with Crippen molar-refractivity contribution in [2.75, 3.05) is 32.0 Å². The summed E-state index contributed by atoms with van der Waals surface area (Å²) in [5.41, 5.74) is 0.715. The van der Waals surface area contributed by atoms with E-state index in [0.717, 1.165) is 13.0 Å². The van der Waals surface area contributed by atoms with Crippen molar-refractivity contribution in [1.82, 2.24) is 4.90 Å². The summed E-state index contributed by atoms with van der Waals surface area (Å²) in [6.07, 6.45) is 0.000571. The Hall–Kier alpha value is -3.14. The van der Waals surface area contributed by atoms with E-state index < -0.39 is 29.2 Å². The van der Waals surface area contributed by atoms with Crippen LogP contribution in [0.25, 0.3) is 5.76 Å². The van der Waals surface area contributed by atoms with E-state index >= 15 is 0 Å². The molecule has 1 aliphatic carbocycles. The molecule has 9 heteroatoms. The van der Waals surface area contributed by atoms with Gasteiger partial charge in [0.2, 0.25) is 11.6 Å². The van der Waals surface area contributed by atoms with E-state index in [0.29, 0.717) is 46.4 Å². The molecule has 0 bridgehead atoms. The van der Waals surface area contributed by atoms with E-state index in [4.69, 9.17) is 14.6 Å². The van der Waals surface area contributed by atoms with Crippen molar-refractivity contribution >= 4 is 35.1 Å². The zero-order valence-electron chi connectivity index (χ0n) is 18.2. The summed E-state index contributed by atoms with van der Waals surface area (Å²) in [6, 6.07) is 13.1. The highest BCUT2D eigenvalue weighted by molar-refractivity contribution is 8.04. The summed E-state index contributed by atoms with van der Waals surface area (Å²) in [7, 11) is 0. The Bertz CT molecular complexity index is 1190. The van der Waals surface area contributed by atoms with E-state index in [2.05, 4.69) is 4.90 Å². The first-order valence-electron chi connectivity index (χ1n) is 11.0. The summed E-state index contributed by atoms with van der Waals surface area (Å²) in [6.45, 7) is 1.78. The average molecular weight is 482 g/mol. The molecular formula is C25H23NO7S. The summed E-state index contributed by atoms with van der Waals surface area (Å²) < 4.78 is 12.0. The molecule has 0 saturated carbocycles. The first-order valence-corrected chi connectivity index (χ1v) is 11.9. The van der Waals surface area contributed by atoms with Crippen molar-refractivity contribution in [3.63, 3.8) is 0 Å². The molecule has 176 valence electrons. The molecule has 2 heterocycles. The summed E-state index contributed by atoms with van der Waals surface area (Å²) in [5.74, 6) is -0.460. The normalized spacial score (nSPS) is 22.9. The fraction of sp³-hybridized carbons (Fsp3) is 0.320. The zero-order chi connectivity index (χ0) is 23.9. The standard InChI is InChI=1S/C25H23NO7S/c27-16(12-32-17-7-5-15(6-8-17)24(30)31)11-26-10-9-25(13-26)14-34-23-21(29)20(28)18-3-1-2-4-19(18)22(23)33-25/h1-8,16,27H,9-14H2,(H,30,31)/t16-,25?/m0/s1. The van der Waals surface area contributed by atoms with Gasteiger partial charge in [-0.05, 0) is 24.3 Å². The van der Waals surface area contributed by atoms with E-state index in [1.165, 1.54) is 23.9 Å². The van der Waals surface area contributed by atoms with Crippen LogP contribution in [0.1, 0.15) is 32.7 Å². The van der Waals surface area contributed by atoms with Gasteiger partial charge in [0.1, 0.15) is 34.7 Å². The van der Waals surface area contributed by atoms with Crippen molar-refractivity contribution < 1.29 is 34.1 Å². The maximum absolute atomic E-state index is 12.6. The number of fused-ring (bicyclic) bond motifs is 2. The zero-order valence-corrected chi connectivity index (χ0v) is 19.0. The van der Waals surface area contributed by atoms with Crippen molar-refractivity contribution in [2.45, 2.75) is 18.1 Å². The Morgan fingerprint density at radius 3 is 2.59 bits per heavy atom. The molecule has 8 nitrogen and oxygen atoms in total. The molecule has 0 aromatic heterocycles. The van der Waals surface area contributed by atoms with Crippen molar-refractivity contribution in [3.05, 3.63) is 70.1 Å². The maximum Gasteiger partial charge on any atom is 0.335 e. The number of β-amino-alcohol motifs (C(OH)–C–C–N with tert-alkyl or cyclic N) is 1. The van der Waals surface area contributed by atoms with Crippen molar-refractivity contribution in [2.24, 2.45) is 0 Å². The third-order valence-corrected chi connectivity index (χ3v) is 7.57. The van der Waals surface area contributed by atoms with Gasteiger partial charge in [0.15, 0.2) is 0 Å². The number of carbonyl (C=O) groups is 3. The molecule has 2 aliphatic heterocycles. The van der Waals surface area contributed by atoms with Gasteiger partial charge in [0, 0.05) is 42.9 Å². The first-order chi connectivity index (χ1) is 16.3. The lowest BCUT2D eigenvalue weighted by atomic mass is 9.93. The van der Waals surface area contributed by atoms with Gasteiger partial charge in [-0.15, -0.1) is 11.8 Å². The lowest BCUT2D eigenvalue weighted by Crippen LogP contribution is -2.44. The van der Waals surface area contributed by atoms with Gasteiger partial charge in [-0.2, -0.15) is 0 Å². The third-order valence-electron chi connectivity index (χ3n) is 6.24. The number of benzene rings is 2. The molecule has 0 amide bonds. The van der Waals surface area contributed by atoms with Gasteiger partial charge in [-0.25, -0.2) is 4.79 Å². The minimum atomic E-state index is -1.01. The fourth-order valence-corrected chi connectivity index (χ4v) is 5.74. The molecular weight excluding hydrogens is 458 g/mol. The Morgan fingerprint density at radius 2 is 1.85 bits per heavy atom. The second-order valence-electron chi connectivity index (χ2n) is 8.72. The van der Waals surface area contributed by atoms with Crippen LogP contribution >= 0.6 is 11.8 Å². The molecule has 0 radical (unpaired) electrons. The van der Waals surface area contributed by atoms with Gasteiger partial charge in [-0.1, -0.05) is 24.3 Å². The van der Waals surface area contributed by atoms with E-state index in [1.807, 2.05) is 12.1 Å². The van der Waals surface area contributed by atoms with Crippen LogP contribution in [0.15, 0.2) is 53.4 Å². The SMILES string of the molecule is O=C1C(=O)c2ccccc2C2=C1SCC1(CCN(C[C@H](O)COc3ccc(C(=O)O)cc3)C1)O2. The van der Waals surface area contributed by atoms with Crippen LogP contribution in [-0.4, -0.2) is 76.3 Å². The number of rotatable bonds is 6. The third kappa shape index (κ3) is 4.22. The number of hydrogen-bond donors (Lipinski definition) is 2. The lowest BCUT2D eigenvalue weighted by molar-refractivity contribution is -0.111. The average Bonchev–Trinajstić information content (AvgIpc) is 3.22. The van der Waals surface area contributed by atoms with Crippen LogP contribution in [0, 0.1) is 0 Å². The summed E-state index contributed by atoms with van der Waals surface area (Å²) in [5, 5.41) is 19.4. The minimum Gasteiger partial charge on any atom is -0.491 e. The summed E-state index contributed by atoms with van der Waals surface area (Å²) >= 11 is 1.38. The molecule has 2 aromatic carbocycles. The number of hydrogen-bond acceptors (Lipinski definition) is 8. The van der Waals surface area contributed by atoms with Crippen LogP contribution in [0.4, 0.5) is 0 Å². The number of ketones is 2. The Balaban J connectivity index is 1.21. The van der Waals surface area contributed by atoms with Gasteiger partial charge in [-0.3, -0.25) is 14.5 Å². The number of carbonyl (C=O) groups excluding carboxylic acids is 2. The highest BCUT2D eigenvalue weighted by Gasteiger charge is 2.48. The number of aliphatic hydroxyl groups is 1. The lowest BCUT2D eigenvalue weighted by Gasteiger charge is -2.38. The minimum absolute atomic E-state index is 0.0742. The van der Waals surface area contributed by atoms with Gasteiger partial charge < -0.3 is 19.7 Å². The number of aliphatic hydroxyl groups excluding tert-OH is 1. The fourth-order valence-electron chi connectivity index (χ4n) is 4.53. The Labute approximate surface area is 200 Å². The molecule has 5 rings (SSSR count). The van der Waals surface area contributed by atoms with Crippen LogP contribution in [0.2, 0.25) is 0 Å². The number of Topliss-reactive ketones (excluding diaryl/α,β-unsaturated/α-hetero) is 2. The Morgan fingerprint density at radius 1 is 1.12 bits per heavy atom. The largest absolute Gasteiger partial charge is 0.491 e. The van der Waals surface area contributed by atoms with Crippen LogP contribution in [0.5, 0.6) is 5.75 Å². The summed E-state index contributed by atoms with van der Waals surface area (Å²) in [4.78, 5) is 38.5. The predicted molar refractivity (Wildman–Crippen MR) is 125 cm³/mol. The monoisotopic (exact) mass is 481 g/mol. The van der Waals surface area contributed by atoms with E-state index in [1.54, 1.807) is 24.3 Å².